The molecule has 1 atom stereocenters. The number of hydrogen-bond donors (Lipinski definition) is 0. The van der Waals surface area contributed by atoms with Gasteiger partial charge in [0.15, 0.2) is 10.9 Å². The van der Waals surface area contributed by atoms with E-state index in [2.05, 4.69) is 20.8 Å². The van der Waals surface area contributed by atoms with Crippen LogP contribution in [0.3, 0.4) is 0 Å². The predicted octanol–water partition coefficient (Wildman–Crippen LogP) is 6.71. The van der Waals surface area contributed by atoms with E-state index in [1.165, 1.54) is 40.9 Å². The van der Waals surface area contributed by atoms with Crippen LogP contribution in [0.15, 0.2) is 64.5 Å². The van der Waals surface area contributed by atoms with Crippen molar-refractivity contribution in [2.75, 3.05) is 5.75 Å². The third-order valence-corrected chi connectivity index (χ3v) is 8.88. The molecule has 0 amide bonds. The third-order valence-electron chi connectivity index (χ3n) is 6.79. The second kappa shape index (κ2) is 9.36. The fraction of sp³-hybridized carbons (Fsp3) is 0.321. The quantitative estimate of drug-likeness (QED) is 0.171. The second-order valence-electron chi connectivity index (χ2n) is 10.1. The molecule has 0 aliphatic heterocycles. The van der Waals surface area contributed by atoms with Crippen LogP contribution < -0.4 is 5.56 Å². The molecular formula is C28H27FN2O2S2. The normalized spacial score (nSPS) is 15.8. The topological polar surface area (TPSA) is 52.0 Å². The lowest BCUT2D eigenvalue weighted by Gasteiger charge is -2.33. The fourth-order valence-electron chi connectivity index (χ4n) is 4.70. The smallest absolute Gasteiger partial charge is 0.267 e. The molecule has 0 bridgehead atoms. The number of rotatable bonds is 5. The summed E-state index contributed by atoms with van der Waals surface area (Å²) in [5, 5.41) is 1.21. The zero-order chi connectivity index (χ0) is 24.7. The Bertz CT molecular complexity index is 1450. The highest BCUT2D eigenvalue weighted by molar-refractivity contribution is 7.99. The zero-order valence-electron chi connectivity index (χ0n) is 20.0. The summed E-state index contributed by atoms with van der Waals surface area (Å²) in [6, 6.07) is 15.0. The van der Waals surface area contributed by atoms with Gasteiger partial charge in [-0.1, -0.05) is 50.7 Å². The Morgan fingerprint density at radius 1 is 1.14 bits per heavy atom. The molecular weight excluding hydrogens is 479 g/mol. The minimum Gasteiger partial charge on any atom is -0.293 e. The summed E-state index contributed by atoms with van der Waals surface area (Å²) >= 11 is 2.86. The van der Waals surface area contributed by atoms with Gasteiger partial charge in [-0.2, -0.15) is 0 Å². The number of ketones is 1. The number of aryl methyl sites for hydroxylation is 1. The second-order valence-corrected chi connectivity index (χ2v) is 12.1. The van der Waals surface area contributed by atoms with Crippen molar-refractivity contribution in [1.29, 1.82) is 0 Å². The largest absolute Gasteiger partial charge is 0.293 e. The van der Waals surface area contributed by atoms with E-state index in [1.54, 1.807) is 15.9 Å². The van der Waals surface area contributed by atoms with Crippen molar-refractivity contribution >= 4 is 39.1 Å². The van der Waals surface area contributed by atoms with E-state index in [9.17, 15) is 14.0 Å². The highest BCUT2D eigenvalue weighted by Crippen LogP contribution is 2.42. The minimum absolute atomic E-state index is 0.0790. The molecule has 35 heavy (non-hydrogen) atoms. The van der Waals surface area contributed by atoms with E-state index in [0.29, 0.717) is 16.6 Å². The molecule has 4 aromatic rings. The molecule has 2 heterocycles. The number of carbonyl (C=O) groups excluding carboxylic acids is 1. The van der Waals surface area contributed by atoms with Gasteiger partial charge < -0.3 is 0 Å². The summed E-state index contributed by atoms with van der Waals surface area (Å²) in [5.74, 6) is 0.159. The van der Waals surface area contributed by atoms with Crippen LogP contribution in [-0.2, 0) is 12.8 Å². The van der Waals surface area contributed by atoms with Gasteiger partial charge in [0.25, 0.3) is 5.56 Å². The lowest BCUT2D eigenvalue weighted by Crippen LogP contribution is -2.27. The van der Waals surface area contributed by atoms with Crippen molar-refractivity contribution in [3.8, 4) is 5.69 Å². The van der Waals surface area contributed by atoms with Gasteiger partial charge in [-0.25, -0.2) is 9.37 Å². The van der Waals surface area contributed by atoms with Crippen LogP contribution in [0.25, 0.3) is 15.9 Å². The van der Waals surface area contributed by atoms with Crippen molar-refractivity contribution in [3.05, 3.63) is 86.8 Å². The van der Waals surface area contributed by atoms with Crippen LogP contribution in [0.2, 0.25) is 0 Å². The maximum absolute atomic E-state index is 13.9. The monoisotopic (exact) mass is 506 g/mol. The number of para-hydroxylation sites is 1. The third kappa shape index (κ3) is 4.71. The van der Waals surface area contributed by atoms with Crippen LogP contribution in [0.5, 0.6) is 0 Å². The van der Waals surface area contributed by atoms with Gasteiger partial charge >= 0.3 is 0 Å². The van der Waals surface area contributed by atoms with Gasteiger partial charge in [-0.05, 0) is 72.6 Å². The highest BCUT2D eigenvalue weighted by Gasteiger charge is 2.32. The molecule has 2 aromatic carbocycles. The number of hydrogen-bond acceptors (Lipinski definition) is 5. The van der Waals surface area contributed by atoms with E-state index >= 15 is 0 Å². The number of halogens is 1. The Balaban J connectivity index is 1.57. The Hall–Kier alpha value is -2.77. The maximum atomic E-state index is 13.9. The number of benzene rings is 2. The van der Waals surface area contributed by atoms with E-state index in [4.69, 9.17) is 4.98 Å². The summed E-state index contributed by atoms with van der Waals surface area (Å²) in [6.07, 6.45) is 2.92. The first-order chi connectivity index (χ1) is 16.7. The first-order valence-electron chi connectivity index (χ1n) is 11.8. The van der Waals surface area contributed by atoms with Gasteiger partial charge in [0.2, 0.25) is 0 Å². The van der Waals surface area contributed by atoms with Crippen LogP contribution >= 0.6 is 23.1 Å². The average molecular weight is 507 g/mol. The standard InChI is InChI=1S/C28H27FN2O2S2/c1-28(2,3)18-11-14-21-23(15-18)35-25-24(21)26(33)31(20-7-5-4-6-8-20)27(30-25)34-16-22(32)17-9-12-19(29)13-10-17/h4-10,12-13,18H,11,14-16H2,1-3H3/t18-/m0/s1. The molecule has 180 valence electrons. The average Bonchev–Trinajstić information content (AvgIpc) is 3.21. The van der Waals surface area contributed by atoms with Crippen LogP contribution in [0.4, 0.5) is 4.39 Å². The Kier molecular flexibility index (Phi) is 6.40. The molecule has 5 rings (SSSR count). The molecule has 0 radical (unpaired) electrons. The van der Waals surface area contributed by atoms with Crippen molar-refractivity contribution < 1.29 is 9.18 Å². The van der Waals surface area contributed by atoms with Crippen LogP contribution in [0.1, 0.15) is 48.0 Å². The molecule has 0 N–H and O–H groups in total. The molecule has 0 spiro atoms. The number of nitrogens with zero attached hydrogens (tertiary/aromatic N) is 2. The lowest BCUT2D eigenvalue weighted by atomic mass is 9.72. The number of Topliss-reactive ketones (excluding diaryl/α,β-unsaturated/α-hetero) is 1. The summed E-state index contributed by atoms with van der Waals surface area (Å²) in [6.45, 7) is 6.84. The number of carbonyl (C=O) groups is 1. The van der Waals surface area contributed by atoms with Crippen molar-refractivity contribution in [2.24, 2.45) is 11.3 Å². The van der Waals surface area contributed by atoms with Gasteiger partial charge in [-0.3, -0.25) is 14.2 Å². The minimum atomic E-state index is -0.380. The molecule has 4 nitrogen and oxygen atoms in total. The zero-order valence-corrected chi connectivity index (χ0v) is 21.6. The molecule has 0 saturated carbocycles. The molecule has 2 aromatic heterocycles. The van der Waals surface area contributed by atoms with Gasteiger partial charge in [0.1, 0.15) is 10.6 Å². The van der Waals surface area contributed by atoms with Gasteiger partial charge in [0.05, 0.1) is 16.8 Å². The summed E-state index contributed by atoms with van der Waals surface area (Å²) in [7, 11) is 0. The molecule has 7 heteroatoms. The first-order valence-corrected chi connectivity index (χ1v) is 13.6. The number of thioether (sulfide) groups is 1. The van der Waals surface area contributed by atoms with Crippen molar-refractivity contribution in [3.63, 3.8) is 0 Å². The van der Waals surface area contributed by atoms with E-state index in [-0.39, 0.29) is 28.3 Å². The molecule has 0 saturated heterocycles. The lowest BCUT2D eigenvalue weighted by molar-refractivity contribution is 0.102. The first kappa shape index (κ1) is 23.9. The van der Waals surface area contributed by atoms with Crippen molar-refractivity contribution in [2.45, 2.75) is 45.2 Å². The summed E-state index contributed by atoms with van der Waals surface area (Å²) in [4.78, 5) is 33.6. The Morgan fingerprint density at radius 2 is 1.86 bits per heavy atom. The van der Waals surface area contributed by atoms with Gasteiger partial charge in [-0.15, -0.1) is 11.3 Å². The molecule has 0 fully saturated rings. The van der Waals surface area contributed by atoms with Crippen LogP contribution in [0, 0.1) is 17.2 Å². The molecule has 1 aliphatic carbocycles. The fourth-order valence-corrected chi connectivity index (χ4v) is 6.94. The van der Waals surface area contributed by atoms with E-state index < -0.39 is 0 Å². The van der Waals surface area contributed by atoms with E-state index in [1.807, 2.05) is 30.3 Å². The summed E-state index contributed by atoms with van der Waals surface area (Å²) < 4.78 is 14.9. The predicted molar refractivity (Wildman–Crippen MR) is 142 cm³/mol. The molecule has 0 unspecified atom stereocenters. The SMILES string of the molecule is CC(C)(C)[C@H]1CCc2c(sc3nc(SCC(=O)c4ccc(F)cc4)n(-c4ccccc4)c(=O)c23)C1. The number of thiophene rings is 1. The summed E-state index contributed by atoms with van der Waals surface area (Å²) in [5.41, 5.74) is 2.45. The van der Waals surface area contributed by atoms with Crippen LogP contribution in [-0.4, -0.2) is 21.1 Å². The maximum Gasteiger partial charge on any atom is 0.267 e. The molecule has 1 aliphatic rings. The van der Waals surface area contributed by atoms with Crippen molar-refractivity contribution in [1.82, 2.24) is 9.55 Å². The van der Waals surface area contributed by atoms with Gasteiger partial charge in [0, 0.05) is 10.4 Å². The van der Waals surface area contributed by atoms with E-state index in [0.717, 1.165) is 40.7 Å². The number of aromatic nitrogens is 2. The number of fused-ring (bicyclic) bond motifs is 3. The Labute approximate surface area is 212 Å². The highest BCUT2D eigenvalue weighted by atomic mass is 32.2. The Morgan fingerprint density at radius 3 is 2.54 bits per heavy atom.